The van der Waals surface area contributed by atoms with E-state index in [9.17, 15) is 4.79 Å². The van der Waals surface area contributed by atoms with Crippen molar-refractivity contribution in [1.29, 1.82) is 0 Å². The van der Waals surface area contributed by atoms with Gasteiger partial charge in [-0.25, -0.2) is 0 Å². The third-order valence-electron chi connectivity index (χ3n) is 3.78. The molecule has 0 saturated heterocycles. The van der Waals surface area contributed by atoms with E-state index in [1.165, 1.54) is 6.08 Å². The van der Waals surface area contributed by atoms with Gasteiger partial charge < -0.3 is 19.5 Å². The van der Waals surface area contributed by atoms with Crippen molar-refractivity contribution >= 4 is 23.6 Å². The standard InChI is InChI=1S/C20H22ClNO4/c1-24-17-13-19(26-3)18(25-2)12-15(17)6-9-20(23)22-11-10-14-4-7-16(21)8-5-14/h4-9,12-13H,10-11H2,1-3H3,(H,22,23)/b9-6+. The zero-order chi connectivity index (χ0) is 18.9. The number of hydrogen-bond donors (Lipinski definition) is 1. The second kappa shape index (κ2) is 9.73. The molecular weight excluding hydrogens is 354 g/mol. The number of carbonyl (C=O) groups is 1. The molecule has 0 bridgehead atoms. The lowest BCUT2D eigenvalue weighted by Crippen LogP contribution is -2.23. The van der Waals surface area contributed by atoms with Gasteiger partial charge in [-0.1, -0.05) is 23.7 Å². The van der Waals surface area contributed by atoms with Crippen molar-refractivity contribution in [1.82, 2.24) is 5.32 Å². The molecule has 0 aliphatic carbocycles. The maximum atomic E-state index is 12.0. The normalized spacial score (nSPS) is 10.6. The highest BCUT2D eigenvalue weighted by Gasteiger charge is 2.10. The van der Waals surface area contributed by atoms with Crippen LogP contribution in [0.15, 0.2) is 42.5 Å². The highest BCUT2D eigenvalue weighted by molar-refractivity contribution is 6.30. The first-order chi connectivity index (χ1) is 12.6. The molecule has 0 spiro atoms. The van der Waals surface area contributed by atoms with Gasteiger partial charge in [0, 0.05) is 29.3 Å². The van der Waals surface area contributed by atoms with Crippen LogP contribution in [-0.2, 0) is 11.2 Å². The molecule has 0 heterocycles. The van der Waals surface area contributed by atoms with Crippen LogP contribution < -0.4 is 19.5 Å². The average Bonchev–Trinajstić information content (AvgIpc) is 2.67. The molecule has 1 N–H and O–H groups in total. The van der Waals surface area contributed by atoms with Crippen molar-refractivity contribution in [2.24, 2.45) is 0 Å². The van der Waals surface area contributed by atoms with E-state index in [4.69, 9.17) is 25.8 Å². The quantitative estimate of drug-likeness (QED) is 0.714. The van der Waals surface area contributed by atoms with E-state index in [0.717, 1.165) is 17.5 Å². The number of benzene rings is 2. The van der Waals surface area contributed by atoms with Gasteiger partial charge in [0.2, 0.25) is 5.91 Å². The molecule has 0 atom stereocenters. The Balaban J connectivity index is 1.97. The van der Waals surface area contributed by atoms with Crippen LogP contribution in [0.1, 0.15) is 11.1 Å². The second-order valence-corrected chi connectivity index (χ2v) is 5.89. The van der Waals surface area contributed by atoms with Gasteiger partial charge in [0.25, 0.3) is 0 Å². The number of rotatable bonds is 8. The minimum atomic E-state index is -0.184. The fourth-order valence-electron chi connectivity index (χ4n) is 2.39. The van der Waals surface area contributed by atoms with Crippen molar-refractivity contribution in [3.05, 3.63) is 58.6 Å². The second-order valence-electron chi connectivity index (χ2n) is 5.45. The molecule has 2 aromatic carbocycles. The zero-order valence-electron chi connectivity index (χ0n) is 15.0. The lowest BCUT2D eigenvalue weighted by Gasteiger charge is -2.12. The molecule has 138 valence electrons. The summed E-state index contributed by atoms with van der Waals surface area (Å²) in [4.78, 5) is 12.0. The van der Waals surface area contributed by atoms with Gasteiger partial charge in [-0.05, 0) is 36.3 Å². The van der Waals surface area contributed by atoms with Crippen LogP contribution in [-0.4, -0.2) is 33.8 Å². The summed E-state index contributed by atoms with van der Waals surface area (Å²) in [6, 6.07) is 11.0. The van der Waals surface area contributed by atoms with Crippen LogP contribution in [0.4, 0.5) is 0 Å². The Morgan fingerprint density at radius 1 is 1.00 bits per heavy atom. The van der Waals surface area contributed by atoms with Crippen molar-refractivity contribution < 1.29 is 19.0 Å². The molecule has 0 unspecified atom stereocenters. The van der Waals surface area contributed by atoms with E-state index in [-0.39, 0.29) is 5.91 Å². The molecule has 0 aliphatic rings. The summed E-state index contributed by atoms with van der Waals surface area (Å²) in [5.74, 6) is 1.54. The van der Waals surface area contributed by atoms with Crippen LogP contribution in [0.25, 0.3) is 6.08 Å². The third kappa shape index (κ3) is 5.43. The summed E-state index contributed by atoms with van der Waals surface area (Å²) >= 11 is 5.86. The summed E-state index contributed by atoms with van der Waals surface area (Å²) in [5, 5.41) is 3.55. The number of amides is 1. The molecule has 0 radical (unpaired) electrons. The van der Waals surface area contributed by atoms with Crippen molar-refractivity contribution in [3.63, 3.8) is 0 Å². The summed E-state index contributed by atoms with van der Waals surface area (Å²) in [7, 11) is 4.67. The Kier molecular flexibility index (Phi) is 7.36. The first-order valence-corrected chi connectivity index (χ1v) is 8.45. The molecular formula is C20H22ClNO4. The summed E-state index contributed by atoms with van der Waals surface area (Å²) in [6.45, 7) is 0.536. The average molecular weight is 376 g/mol. The molecule has 26 heavy (non-hydrogen) atoms. The minimum Gasteiger partial charge on any atom is -0.496 e. The molecule has 2 aromatic rings. The van der Waals surface area contributed by atoms with E-state index in [0.29, 0.717) is 28.8 Å². The molecule has 5 nitrogen and oxygen atoms in total. The van der Waals surface area contributed by atoms with Gasteiger partial charge in [0.1, 0.15) is 5.75 Å². The Bertz CT molecular complexity index is 772. The number of nitrogens with one attached hydrogen (secondary N) is 1. The van der Waals surface area contributed by atoms with Crippen LogP contribution in [0, 0.1) is 0 Å². The maximum Gasteiger partial charge on any atom is 0.244 e. The number of halogens is 1. The van der Waals surface area contributed by atoms with E-state index in [1.807, 2.05) is 24.3 Å². The van der Waals surface area contributed by atoms with Crippen LogP contribution in [0.5, 0.6) is 17.2 Å². The number of hydrogen-bond acceptors (Lipinski definition) is 4. The van der Waals surface area contributed by atoms with Gasteiger partial charge in [0.15, 0.2) is 11.5 Å². The Morgan fingerprint density at radius 3 is 2.23 bits per heavy atom. The number of ether oxygens (including phenoxy) is 3. The molecule has 0 aromatic heterocycles. The largest absolute Gasteiger partial charge is 0.496 e. The molecule has 0 aliphatic heterocycles. The van der Waals surface area contributed by atoms with Crippen LogP contribution >= 0.6 is 11.6 Å². The third-order valence-corrected chi connectivity index (χ3v) is 4.03. The SMILES string of the molecule is COc1cc(OC)c(OC)cc1/C=C/C(=O)NCCc1ccc(Cl)cc1. The van der Waals surface area contributed by atoms with Crippen molar-refractivity contribution in [3.8, 4) is 17.2 Å². The Hall–Kier alpha value is -2.66. The summed E-state index contributed by atoms with van der Waals surface area (Å²) < 4.78 is 15.9. The lowest BCUT2D eigenvalue weighted by molar-refractivity contribution is -0.116. The smallest absolute Gasteiger partial charge is 0.244 e. The Morgan fingerprint density at radius 2 is 1.62 bits per heavy atom. The zero-order valence-corrected chi connectivity index (χ0v) is 15.8. The van der Waals surface area contributed by atoms with Gasteiger partial charge in [-0.3, -0.25) is 4.79 Å². The van der Waals surface area contributed by atoms with E-state index < -0.39 is 0 Å². The monoisotopic (exact) mass is 375 g/mol. The maximum absolute atomic E-state index is 12.0. The van der Waals surface area contributed by atoms with Gasteiger partial charge in [-0.2, -0.15) is 0 Å². The first kappa shape index (κ1) is 19.7. The topological polar surface area (TPSA) is 56.8 Å². The molecule has 1 amide bonds. The molecule has 2 rings (SSSR count). The van der Waals surface area contributed by atoms with Gasteiger partial charge >= 0.3 is 0 Å². The predicted molar refractivity (Wildman–Crippen MR) is 103 cm³/mol. The fraction of sp³-hybridized carbons (Fsp3) is 0.250. The van der Waals surface area contributed by atoms with Crippen molar-refractivity contribution in [2.75, 3.05) is 27.9 Å². The highest BCUT2D eigenvalue weighted by atomic mass is 35.5. The summed E-state index contributed by atoms with van der Waals surface area (Å²) in [5.41, 5.74) is 1.83. The molecule has 6 heteroatoms. The Labute approximate surface area is 158 Å². The lowest BCUT2D eigenvalue weighted by atomic mass is 10.1. The van der Waals surface area contributed by atoms with E-state index in [2.05, 4.69) is 5.32 Å². The van der Waals surface area contributed by atoms with Crippen LogP contribution in [0.3, 0.4) is 0 Å². The van der Waals surface area contributed by atoms with E-state index >= 15 is 0 Å². The van der Waals surface area contributed by atoms with Crippen molar-refractivity contribution in [2.45, 2.75) is 6.42 Å². The van der Waals surface area contributed by atoms with Gasteiger partial charge in [-0.15, -0.1) is 0 Å². The predicted octanol–water partition coefficient (Wildman–Crippen LogP) is 3.74. The molecule has 0 fully saturated rings. The fourth-order valence-corrected chi connectivity index (χ4v) is 2.51. The van der Waals surface area contributed by atoms with E-state index in [1.54, 1.807) is 39.5 Å². The molecule has 0 saturated carbocycles. The minimum absolute atomic E-state index is 0.184. The number of carbonyl (C=O) groups excluding carboxylic acids is 1. The van der Waals surface area contributed by atoms with Crippen LogP contribution in [0.2, 0.25) is 5.02 Å². The number of methoxy groups -OCH3 is 3. The summed E-state index contributed by atoms with van der Waals surface area (Å²) in [6.07, 6.45) is 3.88. The van der Waals surface area contributed by atoms with Gasteiger partial charge in [0.05, 0.1) is 21.3 Å². The first-order valence-electron chi connectivity index (χ1n) is 8.07. The highest BCUT2D eigenvalue weighted by Crippen LogP contribution is 2.35.